The van der Waals surface area contributed by atoms with Gasteiger partial charge in [-0.1, -0.05) is 35.0 Å². The number of benzene rings is 1. The topological polar surface area (TPSA) is 63.8 Å². The molecule has 3 N–H and O–H groups in total. The summed E-state index contributed by atoms with van der Waals surface area (Å²) in [6.07, 6.45) is 1.85. The fourth-order valence-electron chi connectivity index (χ4n) is 1.78. The van der Waals surface area contributed by atoms with Crippen molar-refractivity contribution in [1.82, 2.24) is 9.97 Å². The minimum atomic E-state index is 0.509. The average molecular weight is 321 g/mol. The molecule has 0 spiro atoms. The normalized spacial score (nSPS) is 10.4. The minimum absolute atomic E-state index is 0.509. The van der Waals surface area contributed by atoms with Crippen LogP contribution in [0.1, 0.15) is 24.7 Å². The molecule has 0 aliphatic rings. The molecule has 1 aromatic heterocycles. The predicted octanol–water partition coefficient (Wildman–Crippen LogP) is 3.39. The molecule has 5 heteroatoms. The number of halogens is 1. The lowest BCUT2D eigenvalue weighted by Crippen LogP contribution is -2.06. The molecule has 4 nitrogen and oxygen atoms in total. The first-order chi connectivity index (χ1) is 9.17. The number of nitrogens with one attached hydrogen (secondary N) is 1. The summed E-state index contributed by atoms with van der Waals surface area (Å²) in [7, 11) is 0. The van der Waals surface area contributed by atoms with E-state index >= 15 is 0 Å². The van der Waals surface area contributed by atoms with Gasteiger partial charge < -0.3 is 11.1 Å². The number of anilines is 2. The van der Waals surface area contributed by atoms with Gasteiger partial charge in [0.05, 0.1) is 0 Å². The molecule has 0 amide bonds. The van der Waals surface area contributed by atoms with E-state index in [9.17, 15) is 0 Å². The molecule has 0 saturated heterocycles. The van der Waals surface area contributed by atoms with Crippen molar-refractivity contribution in [1.29, 1.82) is 0 Å². The van der Waals surface area contributed by atoms with Crippen LogP contribution < -0.4 is 11.1 Å². The summed E-state index contributed by atoms with van der Waals surface area (Å²) in [5, 5.41) is 3.28. The smallest absolute Gasteiger partial charge is 0.133 e. The van der Waals surface area contributed by atoms with E-state index in [1.807, 2.05) is 12.1 Å². The van der Waals surface area contributed by atoms with Crippen molar-refractivity contribution in [3.05, 3.63) is 46.2 Å². The lowest BCUT2D eigenvalue weighted by atomic mass is 10.2. The summed E-state index contributed by atoms with van der Waals surface area (Å²) >= 11 is 3.46. The van der Waals surface area contributed by atoms with Gasteiger partial charge in [0.25, 0.3) is 0 Å². The van der Waals surface area contributed by atoms with E-state index in [1.165, 1.54) is 5.56 Å². The first-order valence-corrected chi connectivity index (χ1v) is 7.08. The van der Waals surface area contributed by atoms with Crippen molar-refractivity contribution in [2.45, 2.75) is 26.3 Å². The number of nitrogens with zero attached hydrogens (tertiary/aromatic N) is 2. The van der Waals surface area contributed by atoms with Crippen LogP contribution >= 0.6 is 15.9 Å². The second-order valence-corrected chi connectivity index (χ2v) is 5.24. The highest BCUT2D eigenvalue weighted by atomic mass is 79.9. The maximum atomic E-state index is 5.78. The Hall–Kier alpha value is -1.62. The molecule has 1 aromatic carbocycles. The van der Waals surface area contributed by atoms with Crippen molar-refractivity contribution < 1.29 is 0 Å². The molecule has 0 fully saturated rings. The van der Waals surface area contributed by atoms with Gasteiger partial charge in [-0.2, -0.15) is 0 Å². The first-order valence-electron chi connectivity index (χ1n) is 6.29. The Bertz CT molecular complexity index is 557. The molecule has 100 valence electrons. The lowest BCUT2D eigenvalue weighted by molar-refractivity contribution is 0.836. The van der Waals surface area contributed by atoms with E-state index < -0.39 is 0 Å². The Kier molecular flexibility index (Phi) is 4.74. The largest absolute Gasteiger partial charge is 0.384 e. The monoisotopic (exact) mass is 320 g/mol. The number of rotatable bonds is 5. The molecule has 0 bridgehead atoms. The van der Waals surface area contributed by atoms with E-state index in [1.54, 1.807) is 6.07 Å². The van der Waals surface area contributed by atoms with Crippen LogP contribution in [0.3, 0.4) is 0 Å². The summed E-state index contributed by atoms with van der Waals surface area (Å²) < 4.78 is 1.07. The van der Waals surface area contributed by atoms with E-state index in [2.05, 4.69) is 50.3 Å². The molecule has 1 heterocycles. The first kappa shape index (κ1) is 13.8. The Labute approximate surface area is 121 Å². The Balaban J connectivity index is 2.06. The zero-order chi connectivity index (χ0) is 13.7. The zero-order valence-corrected chi connectivity index (χ0v) is 12.4. The van der Waals surface area contributed by atoms with Gasteiger partial charge in [-0.25, -0.2) is 9.97 Å². The van der Waals surface area contributed by atoms with E-state index in [4.69, 9.17) is 5.73 Å². The molecule has 0 aliphatic carbocycles. The van der Waals surface area contributed by atoms with Crippen LogP contribution in [0.5, 0.6) is 0 Å². The van der Waals surface area contributed by atoms with Crippen molar-refractivity contribution in [3.63, 3.8) is 0 Å². The van der Waals surface area contributed by atoms with Gasteiger partial charge in [0.2, 0.25) is 0 Å². The quantitative estimate of drug-likeness (QED) is 0.886. The van der Waals surface area contributed by atoms with Crippen LogP contribution in [-0.4, -0.2) is 9.97 Å². The third-order valence-corrected chi connectivity index (χ3v) is 3.12. The van der Waals surface area contributed by atoms with Crippen molar-refractivity contribution in [3.8, 4) is 0 Å². The Morgan fingerprint density at radius 3 is 2.84 bits per heavy atom. The summed E-state index contributed by atoms with van der Waals surface area (Å²) in [6.45, 7) is 2.81. The van der Waals surface area contributed by atoms with Crippen molar-refractivity contribution in [2.75, 3.05) is 11.1 Å². The van der Waals surface area contributed by atoms with Crippen molar-refractivity contribution in [2.24, 2.45) is 0 Å². The predicted molar refractivity (Wildman–Crippen MR) is 81.9 cm³/mol. The molecule has 0 saturated carbocycles. The van der Waals surface area contributed by atoms with Gasteiger partial charge in [0, 0.05) is 23.5 Å². The maximum Gasteiger partial charge on any atom is 0.133 e. The van der Waals surface area contributed by atoms with Gasteiger partial charge in [0.15, 0.2) is 0 Å². The number of aryl methyl sites for hydroxylation is 1. The van der Waals surface area contributed by atoms with E-state index in [-0.39, 0.29) is 0 Å². The van der Waals surface area contributed by atoms with Crippen LogP contribution in [-0.2, 0) is 13.0 Å². The number of aromatic nitrogens is 2. The SMILES string of the molecule is CCCc1nc(N)cc(NCc2cccc(Br)c2)n1. The fourth-order valence-corrected chi connectivity index (χ4v) is 2.23. The number of hydrogen-bond acceptors (Lipinski definition) is 4. The molecule has 0 aliphatic heterocycles. The average Bonchev–Trinajstić information content (AvgIpc) is 2.36. The van der Waals surface area contributed by atoms with Crippen LogP contribution in [0.15, 0.2) is 34.8 Å². The molecule has 0 atom stereocenters. The van der Waals surface area contributed by atoms with Crippen LogP contribution in [0.2, 0.25) is 0 Å². The lowest BCUT2D eigenvalue weighted by Gasteiger charge is -2.08. The summed E-state index contributed by atoms with van der Waals surface area (Å²) in [5.41, 5.74) is 6.97. The number of nitrogens with two attached hydrogens (primary N) is 1. The molecular formula is C14H17BrN4. The van der Waals surface area contributed by atoms with Crippen molar-refractivity contribution >= 4 is 27.6 Å². The minimum Gasteiger partial charge on any atom is -0.384 e. The fraction of sp³-hybridized carbons (Fsp3) is 0.286. The maximum absolute atomic E-state index is 5.78. The molecule has 0 unspecified atom stereocenters. The van der Waals surface area contributed by atoms with Crippen LogP contribution in [0.25, 0.3) is 0 Å². The standard InChI is InChI=1S/C14H17BrN4/c1-2-4-13-18-12(16)8-14(19-13)17-9-10-5-3-6-11(15)7-10/h3,5-8H,2,4,9H2,1H3,(H3,16,17,18,19). The molecule has 19 heavy (non-hydrogen) atoms. The number of nitrogen functional groups attached to an aromatic ring is 1. The van der Waals surface area contributed by atoms with Gasteiger partial charge in [-0.3, -0.25) is 0 Å². The molecule has 2 aromatic rings. The van der Waals surface area contributed by atoms with E-state index in [0.717, 1.165) is 29.0 Å². The third-order valence-electron chi connectivity index (χ3n) is 2.63. The van der Waals surface area contributed by atoms with E-state index in [0.29, 0.717) is 12.4 Å². The van der Waals surface area contributed by atoms with Gasteiger partial charge in [-0.15, -0.1) is 0 Å². The van der Waals surface area contributed by atoms with Gasteiger partial charge >= 0.3 is 0 Å². The number of hydrogen-bond donors (Lipinski definition) is 2. The highest BCUT2D eigenvalue weighted by Crippen LogP contribution is 2.14. The van der Waals surface area contributed by atoms with Gasteiger partial charge in [0.1, 0.15) is 17.5 Å². The second kappa shape index (κ2) is 6.52. The molecule has 2 rings (SSSR count). The third kappa shape index (κ3) is 4.21. The summed E-state index contributed by atoms with van der Waals surface area (Å²) in [4.78, 5) is 8.66. The second-order valence-electron chi connectivity index (χ2n) is 4.33. The van der Waals surface area contributed by atoms with Crippen LogP contribution in [0.4, 0.5) is 11.6 Å². The zero-order valence-electron chi connectivity index (χ0n) is 10.9. The van der Waals surface area contributed by atoms with Gasteiger partial charge in [-0.05, 0) is 24.1 Å². The summed E-state index contributed by atoms with van der Waals surface area (Å²) in [5.74, 6) is 2.07. The van der Waals surface area contributed by atoms with Crippen LogP contribution in [0, 0.1) is 0 Å². The summed E-state index contributed by atoms with van der Waals surface area (Å²) in [6, 6.07) is 9.92. The highest BCUT2D eigenvalue weighted by molar-refractivity contribution is 9.10. The Morgan fingerprint density at radius 2 is 2.11 bits per heavy atom. The molecular weight excluding hydrogens is 304 g/mol. The highest BCUT2D eigenvalue weighted by Gasteiger charge is 2.02. The Morgan fingerprint density at radius 1 is 1.26 bits per heavy atom. The molecule has 0 radical (unpaired) electrons.